The second kappa shape index (κ2) is 14.5. The molecule has 2 heteroatoms. The highest BCUT2D eigenvalue weighted by atomic mass is 16.5. The number of ether oxygens (including phenoxy) is 1. The van der Waals surface area contributed by atoms with Crippen LogP contribution in [0.1, 0.15) is 91.4 Å². The fraction of sp³-hybridized carbons (Fsp3) is 1.00. The van der Waals surface area contributed by atoms with Gasteiger partial charge in [0, 0.05) is 0 Å². The van der Waals surface area contributed by atoms with Gasteiger partial charge in [0.2, 0.25) is 0 Å². The van der Waals surface area contributed by atoms with Crippen LogP contribution in [0.25, 0.3) is 0 Å². The van der Waals surface area contributed by atoms with Crippen LogP contribution in [-0.2, 0) is 4.74 Å². The van der Waals surface area contributed by atoms with Crippen LogP contribution >= 0.6 is 0 Å². The predicted molar refractivity (Wildman–Crippen MR) is 99.1 cm³/mol. The van der Waals surface area contributed by atoms with E-state index in [1.807, 2.05) is 0 Å². The minimum Gasteiger partial charge on any atom is -0.331 e. The molecule has 1 unspecified atom stereocenters. The maximum absolute atomic E-state index is 5.87. The first-order chi connectivity index (χ1) is 10.5. The Morgan fingerprint density at radius 3 is 1.77 bits per heavy atom. The van der Waals surface area contributed by atoms with E-state index in [9.17, 15) is 0 Å². The molecule has 22 heavy (non-hydrogen) atoms. The summed E-state index contributed by atoms with van der Waals surface area (Å²) in [7, 11) is 4.59. The Hall–Kier alpha value is -0.0800. The summed E-state index contributed by atoms with van der Waals surface area (Å²) in [6.45, 7) is 9.81. The lowest BCUT2D eigenvalue weighted by molar-refractivity contribution is -0.910. The fourth-order valence-electron chi connectivity index (χ4n) is 2.71. The lowest BCUT2D eigenvalue weighted by atomic mass is 10.1. The summed E-state index contributed by atoms with van der Waals surface area (Å²) >= 11 is 0. The van der Waals surface area contributed by atoms with E-state index < -0.39 is 0 Å². The van der Waals surface area contributed by atoms with Crippen molar-refractivity contribution in [2.45, 2.75) is 91.4 Å². The molecule has 0 rings (SSSR count). The van der Waals surface area contributed by atoms with Gasteiger partial charge in [0.25, 0.3) is 0 Å². The van der Waals surface area contributed by atoms with Crippen LogP contribution in [0.15, 0.2) is 0 Å². The molecule has 134 valence electrons. The van der Waals surface area contributed by atoms with Crippen molar-refractivity contribution < 1.29 is 9.22 Å². The van der Waals surface area contributed by atoms with E-state index in [1.54, 1.807) is 0 Å². The Morgan fingerprint density at radius 1 is 0.773 bits per heavy atom. The summed E-state index contributed by atoms with van der Waals surface area (Å²) in [5, 5.41) is 0. The molecule has 0 N–H and O–H groups in total. The van der Waals surface area contributed by atoms with E-state index in [1.165, 1.54) is 77.2 Å². The lowest BCUT2D eigenvalue weighted by Gasteiger charge is -2.29. The maximum Gasteiger partial charge on any atom is 0.182 e. The van der Waals surface area contributed by atoms with Crippen LogP contribution in [0.4, 0.5) is 0 Å². The van der Waals surface area contributed by atoms with Gasteiger partial charge in [-0.3, -0.25) is 0 Å². The van der Waals surface area contributed by atoms with Gasteiger partial charge < -0.3 is 9.22 Å². The van der Waals surface area contributed by atoms with E-state index in [0.29, 0.717) is 5.92 Å². The molecule has 0 aromatic heterocycles. The largest absolute Gasteiger partial charge is 0.331 e. The van der Waals surface area contributed by atoms with E-state index in [-0.39, 0.29) is 0 Å². The van der Waals surface area contributed by atoms with Gasteiger partial charge in [0.1, 0.15) is 0 Å². The van der Waals surface area contributed by atoms with E-state index in [4.69, 9.17) is 4.74 Å². The van der Waals surface area contributed by atoms with Crippen molar-refractivity contribution in [2.75, 3.05) is 34.0 Å². The fourth-order valence-corrected chi connectivity index (χ4v) is 2.71. The first kappa shape index (κ1) is 21.9. The highest BCUT2D eigenvalue weighted by molar-refractivity contribution is 4.48. The maximum atomic E-state index is 5.87. The van der Waals surface area contributed by atoms with Crippen LogP contribution in [0.5, 0.6) is 0 Å². The van der Waals surface area contributed by atoms with E-state index in [0.717, 1.165) is 17.8 Å². The summed E-state index contributed by atoms with van der Waals surface area (Å²) in [6.07, 6.45) is 15.4. The zero-order chi connectivity index (χ0) is 16.7. The molecule has 0 amide bonds. The first-order valence-electron chi connectivity index (χ1n) is 9.91. The smallest absolute Gasteiger partial charge is 0.182 e. The Balaban J connectivity index is 3.37. The zero-order valence-electron chi connectivity index (χ0n) is 16.3. The summed E-state index contributed by atoms with van der Waals surface area (Å²) in [6, 6.07) is 0. The molecule has 0 bridgehead atoms. The molecule has 0 heterocycles. The number of quaternary nitrogens is 1. The average Bonchev–Trinajstić information content (AvgIpc) is 2.48. The summed E-state index contributed by atoms with van der Waals surface area (Å²) in [4.78, 5) is 0. The van der Waals surface area contributed by atoms with Gasteiger partial charge in [0.05, 0.1) is 27.2 Å². The van der Waals surface area contributed by atoms with Gasteiger partial charge in [0.15, 0.2) is 6.73 Å². The molecular formula is C20H44NO+. The Bertz CT molecular complexity index is 228. The standard InChI is InChI=1S/C20H44NO/c1-6-8-9-10-11-12-13-14-15-16-17-21(4,5)19-22-18-20(3)7-2/h20H,6-19H2,1-5H3/q+1. The van der Waals surface area contributed by atoms with Gasteiger partial charge >= 0.3 is 0 Å². The summed E-state index contributed by atoms with van der Waals surface area (Å²) in [5.74, 6) is 0.692. The zero-order valence-corrected chi connectivity index (χ0v) is 16.3. The second-order valence-electron chi connectivity index (χ2n) is 7.85. The molecule has 1 atom stereocenters. The third kappa shape index (κ3) is 14.8. The van der Waals surface area contributed by atoms with Crippen LogP contribution < -0.4 is 0 Å². The van der Waals surface area contributed by atoms with Gasteiger partial charge in [-0.05, 0) is 18.8 Å². The molecule has 2 nitrogen and oxygen atoms in total. The Labute approximate surface area is 141 Å². The summed E-state index contributed by atoms with van der Waals surface area (Å²) in [5.41, 5.74) is 0. The van der Waals surface area contributed by atoms with Crippen molar-refractivity contribution in [1.29, 1.82) is 0 Å². The second-order valence-corrected chi connectivity index (χ2v) is 7.85. The lowest BCUT2D eigenvalue weighted by Crippen LogP contribution is -2.42. The predicted octanol–water partition coefficient (Wildman–Crippen LogP) is 6.00. The van der Waals surface area contributed by atoms with E-state index >= 15 is 0 Å². The van der Waals surface area contributed by atoms with Gasteiger partial charge in [-0.2, -0.15) is 0 Å². The molecule has 0 aromatic carbocycles. The summed E-state index contributed by atoms with van der Waals surface area (Å²) < 4.78 is 6.87. The third-order valence-electron chi connectivity index (χ3n) is 4.66. The minimum absolute atomic E-state index is 0.692. The van der Waals surface area contributed by atoms with Crippen LogP contribution in [-0.4, -0.2) is 38.5 Å². The third-order valence-corrected chi connectivity index (χ3v) is 4.66. The molecule has 0 aliphatic rings. The van der Waals surface area contributed by atoms with Crippen molar-refractivity contribution in [3.8, 4) is 0 Å². The normalized spacial score (nSPS) is 13.5. The Kier molecular flexibility index (Phi) is 14.5. The van der Waals surface area contributed by atoms with Crippen LogP contribution in [0, 0.1) is 5.92 Å². The van der Waals surface area contributed by atoms with Gasteiger partial charge in [-0.25, -0.2) is 0 Å². The number of unbranched alkanes of at least 4 members (excludes halogenated alkanes) is 9. The Morgan fingerprint density at radius 2 is 1.27 bits per heavy atom. The van der Waals surface area contributed by atoms with Crippen LogP contribution in [0.2, 0.25) is 0 Å². The molecule has 0 saturated carbocycles. The monoisotopic (exact) mass is 314 g/mol. The highest BCUT2D eigenvalue weighted by Gasteiger charge is 2.14. The first-order valence-corrected chi connectivity index (χ1v) is 9.91. The van der Waals surface area contributed by atoms with Crippen molar-refractivity contribution >= 4 is 0 Å². The molecule has 0 aromatic rings. The average molecular weight is 315 g/mol. The quantitative estimate of drug-likeness (QED) is 0.193. The minimum atomic E-state index is 0.692. The van der Waals surface area contributed by atoms with Crippen LogP contribution in [0.3, 0.4) is 0 Å². The molecule has 0 fully saturated rings. The van der Waals surface area contributed by atoms with Crippen molar-refractivity contribution in [1.82, 2.24) is 0 Å². The molecule has 0 aliphatic carbocycles. The van der Waals surface area contributed by atoms with Gasteiger partial charge in [-0.15, -0.1) is 0 Å². The SMILES string of the molecule is CCCCCCCCCCCC[N+](C)(C)COCC(C)CC. The molecule has 0 radical (unpaired) electrons. The van der Waals surface area contributed by atoms with Crippen molar-refractivity contribution in [2.24, 2.45) is 5.92 Å². The highest BCUT2D eigenvalue weighted by Crippen LogP contribution is 2.12. The van der Waals surface area contributed by atoms with Crippen molar-refractivity contribution in [3.63, 3.8) is 0 Å². The number of nitrogens with zero attached hydrogens (tertiary/aromatic N) is 1. The molecule has 0 saturated heterocycles. The molecular weight excluding hydrogens is 270 g/mol. The van der Waals surface area contributed by atoms with Gasteiger partial charge in [-0.1, -0.05) is 78.6 Å². The van der Waals surface area contributed by atoms with Crippen molar-refractivity contribution in [3.05, 3.63) is 0 Å². The topological polar surface area (TPSA) is 9.23 Å². The van der Waals surface area contributed by atoms with E-state index in [2.05, 4.69) is 34.9 Å². The molecule has 0 aliphatic heterocycles. The molecule has 0 spiro atoms. The number of hydrogen-bond acceptors (Lipinski definition) is 1. The number of rotatable bonds is 16. The number of hydrogen-bond donors (Lipinski definition) is 0.